The van der Waals surface area contributed by atoms with Gasteiger partial charge in [-0.25, -0.2) is 9.18 Å². The van der Waals surface area contributed by atoms with E-state index in [2.05, 4.69) is 5.32 Å². The van der Waals surface area contributed by atoms with Crippen molar-refractivity contribution in [3.05, 3.63) is 35.1 Å². The summed E-state index contributed by atoms with van der Waals surface area (Å²) < 4.78 is 18.1. The van der Waals surface area contributed by atoms with Crippen molar-refractivity contribution in [2.75, 3.05) is 13.2 Å². The molecule has 0 amide bonds. The van der Waals surface area contributed by atoms with E-state index in [1.165, 1.54) is 6.07 Å². The van der Waals surface area contributed by atoms with Gasteiger partial charge in [-0.3, -0.25) is 0 Å². The van der Waals surface area contributed by atoms with Crippen LogP contribution in [-0.4, -0.2) is 19.1 Å². The van der Waals surface area contributed by atoms with E-state index in [1.54, 1.807) is 26.0 Å². The van der Waals surface area contributed by atoms with E-state index in [1.807, 2.05) is 6.92 Å². The maximum atomic E-state index is 13.2. The molecule has 1 aromatic rings. The number of hydrogen-bond acceptors (Lipinski definition) is 3. The van der Waals surface area contributed by atoms with Gasteiger partial charge in [-0.1, -0.05) is 19.1 Å². The van der Waals surface area contributed by atoms with E-state index in [-0.39, 0.29) is 11.8 Å². The standard InChI is InChI=1S/C13H18FNO2/c1-4-15-12(13(16)17-5-2)10-6-7-11(14)9(3)8-10/h6-8,12,15H,4-5H2,1-3H3. The van der Waals surface area contributed by atoms with E-state index in [4.69, 9.17) is 4.74 Å². The molecule has 1 unspecified atom stereocenters. The number of nitrogens with one attached hydrogen (secondary N) is 1. The molecule has 0 aliphatic carbocycles. The lowest BCUT2D eigenvalue weighted by molar-refractivity contribution is -0.145. The zero-order valence-electron chi connectivity index (χ0n) is 10.4. The third kappa shape index (κ3) is 3.53. The summed E-state index contributed by atoms with van der Waals surface area (Å²) >= 11 is 0. The van der Waals surface area contributed by atoms with Crippen molar-refractivity contribution >= 4 is 5.97 Å². The van der Waals surface area contributed by atoms with Crippen LogP contribution in [0.15, 0.2) is 18.2 Å². The highest BCUT2D eigenvalue weighted by Gasteiger charge is 2.21. The van der Waals surface area contributed by atoms with Crippen molar-refractivity contribution < 1.29 is 13.9 Å². The number of hydrogen-bond donors (Lipinski definition) is 1. The van der Waals surface area contributed by atoms with Crippen LogP contribution in [0, 0.1) is 12.7 Å². The van der Waals surface area contributed by atoms with Crippen LogP contribution in [0.2, 0.25) is 0 Å². The summed E-state index contributed by atoms with van der Waals surface area (Å²) in [6, 6.07) is 4.11. The number of halogens is 1. The molecule has 0 bridgehead atoms. The van der Waals surface area contributed by atoms with Crippen LogP contribution < -0.4 is 5.32 Å². The molecule has 0 radical (unpaired) electrons. The molecule has 1 aromatic carbocycles. The van der Waals surface area contributed by atoms with Gasteiger partial charge in [0.2, 0.25) is 0 Å². The number of ether oxygens (including phenoxy) is 1. The molecule has 94 valence electrons. The van der Waals surface area contributed by atoms with Gasteiger partial charge in [0.05, 0.1) is 6.61 Å². The van der Waals surface area contributed by atoms with Gasteiger partial charge in [0.15, 0.2) is 0 Å². The molecule has 0 aliphatic heterocycles. The smallest absolute Gasteiger partial charge is 0.327 e. The summed E-state index contributed by atoms with van der Waals surface area (Å²) in [6.45, 7) is 6.31. The molecule has 3 nitrogen and oxygen atoms in total. The molecule has 0 saturated carbocycles. The van der Waals surface area contributed by atoms with E-state index in [0.29, 0.717) is 18.7 Å². The number of likely N-dealkylation sites (N-methyl/N-ethyl adjacent to an activating group) is 1. The van der Waals surface area contributed by atoms with E-state index in [0.717, 1.165) is 5.56 Å². The molecular weight excluding hydrogens is 221 g/mol. The minimum absolute atomic E-state index is 0.271. The summed E-state index contributed by atoms with van der Waals surface area (Å²) in [7, 11) is 0. The van der Waals surface area contributed by atoms with Crippen LogP contribution in [0.4, 0.5) is 4.39 Å². The van der Waals surface area contributed by atoms with Crippen LogP contribution in [0.1, 0.15) is 31.0 Å². The van der Waals surface area contributed by atoms with E-state index in [9.17, 15) is 9.18 Å². The molecule has 0 spiro atoms. The molecule has 1 rings (SSSR count). The van der Waals surface area contributed by atoms with Crippen LogP contribution in [-0.2, 0) is 9.53 Å². The Labute approximate surface area is 101 Å². The zero-order chi connectivity index (χ0) is 12.8. The molecule has 0 fully saturated rings. The largest absolute Gasteiger partial charge is 0.465 e. The fourth-order valence-corrected chi connectivity index (χ4v) is 1.61. The number of carbonyl (C=O) groups excluding carboxylic acids is 1. The number of rotatable bonds is 5. The Balaban J connectivity index is 2.96. The van der Waals surface area contributed by atoms with Gasteiger partial charge in [0.1, 0.15) is 11.9 Å². The average molecular weight is 239 g/mol. The molecule has 0 saturated heterocycles. The fraction of sp³-hybridized carbons (Fsp3) is 0.462. The monoisotopic (exact) mass is 239 g/mol. The molecule has 17 heavy (non-hydrogen) atoms. The van der Waals surface area contributed by atoms with Crippen LogP contribution in [0.25, 0.3) is 0 Å². The van der Waals surface area contributed by atoms with Gasteiger partial charge >= 0.3 is 5.97 Å². The third-order valence-electron chi connectivity index (χ3n) is 2.45. The second kappa shape index (κ2) is 6.35. The highest BCUT2D eigenvalue weighted by Crippen LogP contribution is 2.18. The molecule has 4 heteroatoms. The lowest BCUT2D eigenvalue weighted by Gasteiger charge is -2.17. The first-order valence-electron chi connectivity index (χ1n) is 5.76. The Bertz CT molecular complexity index is 393. The van der Waals surface area contributed by atoms with Crippen LogP contribution >= 0.6 is 0 Å². The molecule has 1 N–H and O–H groups in total. The summed E-state index contributed by atoms with van der Waals surface area (Å²) in [5, 5.41) is 3.03. The van der Waals surface area contributed by atoms with Crippen LogP contribution in [0.3, 0.4) is 0 Å². The first kappa shape index (κ1) is 13.6. The Hall–Kier alpha value is -1.42. The lowest BCUT2D eigenvalue weighted by Crippen LogP contribution is -2.30. The Kier molecular flexibility index (Phi) is 5.10. The Morgan fingerprint density at radius 2 is 2.18 bits per heavy atom. The Morgan fingerprint density at radius 3 is 2.71 bits per heavy atom. The quantitative estimate of drug-likeness (QED) is 0.801. The summed E-state index contributed by atoms with van der Waals surface area (Å²) in [5.74, 6) is -0.604. The predicted molar refractivity (Wildman–Crippen MR) is 64.2 cm³/mol. The number of aryl methyl sites for hydroxylation is 1. The molecular formula is C13H18FNO2. The van der Waals surface area contributed by atoms with Gasteiger partial charge in [-0.2, -0.15) is 0 Å². The van der Waals surface area contributed by atoms with Crippen LogP contribution in [0.5, 0.6) is 0 Å². The van der Waals surface area contributed by atoms with Crippen molar-refractivity contribution in [3.8, 4) is 0 Å². The Morgan fingerprint density at radius 1 is 1.47 bits per heavy atom. The summed E-state index contributed by atoms with van der Waals surface area (Å²) in [6.07, 6.45) is 0. The van der Waals surface area contributed by atoms with Crippen molar-refractivity contribution in [1.29, 1.82) is 0 Å². The van der Waals surface area contributed by atoms with Gasteiger partial charge in [-0.15, -0.1) is 0 Å². The highest BCUT2D eigenvalue weighted by atomic mass is 19.1. The minimum atomic E-state index is -0.528. The third-order valence-corrected chi connectivity index (χ3v) is 2.45. The van der Waals surface area contributed by atoms with Gasteiger partial charge in [0.25, 0.3) is 0 Å². The second-order valence-corrected chi connectivity index (χ2v) is 3.75. The molecule has 1 atom stereocenters. The van der Waals surface area contributed by atoms with Crippen molar-refractivity contribution in [2.24, 2.45) is 0 Å². The van der Waals surface area contributed by atoms with Crippen molar-refractivity contribution in [2.45, 2.75) is 26.8 Å². The zero-order valence-corrected chi connectivity index (χ0v) is 10.4. The molecule has 0 aromatic heterocycles. The summed E-state index contributed by atoms with van der Waals surface area (Å²) in [5.41, 5.74) is 1.25. The van der Waals surface area contributed by atoms with Gasteiger partial charge < -0.3 is 10.1 Å². The SMILES string of the molecule is CCNC(C(=O)OCC)c1ccc(F)c(C)c1. The first-order chi connectivity index (χ1) is 8.10. The maximum Gasteiger partial charge on any atom is 0.327 e. The minimum Gasteiger partial charge on any atom is -0.465 e. The number of carbonyl (C=O) groups is 1. The average Bonchev–Trinajstić information content (AvgIpc) is 2.30. The van der Waals surface area contributed by atoms with E-state index >= 15 is 0 Å². The molecule has 0 aliphatic rings. The normalized spacial score (nSPS) is 12.2. The van der Waals surface area contributed by atoms with Crippen molar-refractivity contribution in [3.63, 3.8) is 0 Å². The first-order valence-corrected chi connectivity index (χ1v) is 5.76. The lowest BCUT2D eigenvalue weighted by atomic mass is 10.0. The number of esters is 1. The van der Waals surface area contributed by atoms with Crippen molar-refractivity contribution in [1.82, 2.24) is 5.32 Å². The fourth-order valence-electron chi connectivity index (χ4n) is 1.61. The summed E-state index contributed by atoms with van der Waals surface area (Å²) in [4.78, 5) is 11.8. The topological polar surface area (TPSA) is 38.3 Å². The second-order valence-electron chi connectivity index (χ2n) is 3.75. The number of benzene rings is 1. The van der Waals surface area contributed by atoms with E-state index < -0.39 is 6.04 Å². The molecule has 0 heterocycles. The highest BCUT2D eigenvalue weighted by molar-refractivity contribution is 5.77. The predicted octanol–water partition coefficient (Wildman–Crippen LogP) is 2.35. The van der Waals surface area contributed by atoms with Gasteiger partial charge in [-0.05, 0) is 37.6 Å². The maximum absolute atomic E-state index is 13.2. The van der Waals surface area contributed by atoms with Gasteiger partial charge in [0, 0.05) is 0 Å².